The number of nitriles is 2. The van der Waals surface area contributed by atoms with Gasteiger partial charge in [0.1, 0.15) is 18.1 Å². The van der Waals surface area contributed by atoms with E-state index < -0.39 is 17.4 Å². The number of rotatable bonds is 9. The first-order valence-corrected chi connectivity index (χ1v) is 8.53. The maximum Gasteiger partial charge on any atom is 0.313 e. The summed E-state index contributed by atoms with van der Waals surface area (Å²) >= 11 is 0. The van der Waals surface area contributed by atoms with Crippen molar-refractivity contribution >= 4 is 11.9 Å². The molecule has 1 aliphatic rings. The zero-order valence-electron chi connectivity index (χ0n) is 14.8. The third-order valence-corrected chi connectivity index (χ3v) is 4.11. The van der Waals surface area contributed by atoms with E-state index in [9.17, 15) is 20.1 Å². The van der Waals surface area contributed by atoms with Crippen molar-refractivity contribution in [2.75, 3.05) is 39.5 Å². The first-order chi connectivity index (χ1) is 12.1. The minimum atomic E-state index is -1.63. The van der Waals surface area contributed by atoms with Crippen LogP contribution >= 0.6 is 0 Å². The zero-order chi connectivity index (χ0) is 18.7. The molecule has 0 amide bonds. The molecule has 0 bridgehead atoms. The number of hydrogen-bond acceptors (Lipinski definition) is 8. The largest absolute Gasteiger partial charge is 0.466 e. The molecule has 1 heterocycles. The van der Waals surface area contributed by atoms with Gasteiger partial charge in [-0.1, -0.05) is 0 Å². The maximum absolute atomic E-state index is 12.5. The van der Waals surface area contributed by atoms with Crippen molar-refractivity contribution in [1.29, 1.82) is 10.5 Å². The van der Waals surface area contributed by atoms with Gasteiger partial charge in [-0.2, -0.15) is 10.5 Å². The Morgan fingerprint density at radius 2 is 1.76 bits per heavy atom. The SMILES string of the molecule is CCOC(=O)CCCC(C(=O)OCC)C(C#N)(C#N)N1CCOCC1. The Morgan fingerprint density at radius 1 is 1.16 bits per heavy atom. The lowest BCUT2D eigenvalue weighted by Gasteiger charge is -2.39. The number of hydrogen-bond donors (Lipinski definition) is 0. The molecule has 138 valence electrons. The van der Waals surface area contributed by atoms with Gasteiger partial charge in [-0.25, -0.2) is 0 Å². The fraction of sp³-hybridized carbons (Fsp3) is 0.765. The number of carbonyl (C=O) groups excluding carboxylic acids is 2. The van der Waals surface area contributed by atoms with Gasteiger partial charge in [0.05, 0.1) is 26.4 Å². The Morgan fingerprint density at radius 3 is 2.28 bits per heavy atom. The van der Waals surface area contributed by atoms with Crippen LogP contribution in [-0.4, -0.2) is 61.9 Å². The molecule has 0 aliphatic carbocycles. The van der Waals surface area contributed by atoms with E-state index in [-0.39, 0.29) is 32.0 Å². The average Bonchev–Trinajstić information content (AvgIpc) is 2.63. The highest BCUT2D eigenvalue weighted by Gasteiger charge is 2.49. The van der Waals surface area contributed by atoms with Gasteiger partial charge in [-0.05, 0) is 26.7 Å². The average molecular weight is 351 g/mol. The van der Waals surface area contributed by atoms with Crippen LogP contribution in [0.15, 0.2) is 0 Å². The lowest BCUT2D eigenvalue weighted by Crippen LogP contribution is -2.58. The lowest BCUT2D eigenvalue weighted by molar-refractivity contribution is -0.153. The Labute approximate surface area is 148 Å². The number of nitrogens with zero attached hydrogens (tertiary/aromatic N) is 3. The quantitative estimate of drug-likeness (QED) is 0.566. The molecule has 1 unspecified atom stereocenters. The zero-order valence-corrected chi connectivity index (χ0v) is 14.8. The van der Waals surface area contributed by atoms with E-state index in [0.29, 0.717) is 32.7 Å². The van der Waals surface area contributed by atoms with Gasteiger partial charge in [-0.3, -0.25) is 14.5 Å². The van der Waals surface area contributed by atoms with Crippen molar-refractivity contribution in [2.45, 2.75) is 38.6 Å². The summed E-state index contributed by atoms with van der Waals surface area (Å²) in [6.45, 7) is 5.38. The van der Waals surface area contributed by atoms with Gasteiger partial charge >= 0.3 is 11.9 Å². The third-order valence-electron chi connectivity index (χ3n) is 4.11. The molecule has 1 fully saturated rings. The van der Waals surface area contributed by atoms with Crippen LogP contribution < -0.4 is 0 Å². The number of carbonyl (C=O) groups is 2. The van der Waals surface area contributed by atoms with Crippen LogP contribution in [0, 0.1) is 28.6 Å². The number of morpholine rings is 1. The van der Waals surface area contributed by atoms with Crippen molar-refractivity contribution in [3.8, 4) is 12.1 Å². The predicted molar refractivity (Wildman–Crippen MR) is 87.0 cm³/mol. The number of ether oxygens (including phenoxy) is 3. The smallest absolute Gasteiger partial charge is 0.313 e. The molecule has 8 nitrogen and oxygen atoms in total. The van der Waals surface area contributed by atoms with Gasteiger partial charge in [0.15, 0.2) is 0 Å². The second kappa shape index (κ2) is 10.7. The van der Waals surface area contributed by atoms with E-state index in [1.807, 2.05) is 12.1 Å². The molecule has 1 rings (SSSR count). The molecular weight excluding hydrogens is 326 g/mol. The first-order valence-electron chi connectivity index (χ1n) is 8.53. The van der Waals surface area contributed by atoms with Gasteiger partial charge in [-0.15, -0.1) is 0 Å². The van der Waals surface area contributed by atoms with E-state index in [2.05, 4.69) is 0 Å². The van der Waals surface area contributed by atoms with Crippen LogP contribution in [0.1, 0.15) is 33.1 Å². The number of esters is 2. The van der Waals surface area contributed by atoms with Crippen molar-refractivity contribution in [2.24, 2.45) is 5.92 Å². The van der Waals surface area contributed by atoms with E-state index in [1.165, 1.54) is 0 Å². The summed E-state index contributed by atoms with van der Waals surface area (Å²) in [4.78, 5) is 25.6. The fourth-order valence-corrected chi connectivity index (χ4v) is 2.88. The van der Waals surface area contributed by atoms with E-state index in [4.69, 9.17) is 14.2 Å². The summed E-state index contributed by atoms with van der Waals surface area (Å²) in [5.74, 6) is -1.92. The Kier molecular flexibility index (Phi) is 8.90. The van der Waals surface area contributed by atoms with E-state index in [0.717, 1.165) is 0 Å². The molecule has 0 aromatic rings. The molecule has 0 radical (unpaired) electrons. The molecular formula is C17H25N3O5. The summed E-state index contributed by atoms with van der Waals surface area (Å²) in [6.07, 6.45) is 0.647. The lowest BCUT2D eigenvalue weighted by atomic mass is 9.80. The second-order valence-corrected chi connectivity index (χ2v) is 5.59. The highest BCUT2D eigenvalue weighted by Crippen LogP contribution is 2.31. The summed E-state index contributed by atoms with van der Waals surface area (Å²) < 4.78 is 15.2. The molecule has 0 N–H and O–H groups in total. The second-order valence-electron chi connectivity index (χ2n) is 5.59. The molecule has 0 saturated carbocycles. The van der Waals surface area contributed by atoms with E-state index in [1.54, 1.807) is 18.7 Å². The summed E-state index contributed by atoms with van der Waals surface area (Å²) in [5.41, 5.74) is -1.63. The van der Waals surface area contributed by atoms with Crippen LogP contribution in [0.4, 0.5) is 0 Å². The molecule has 8 heteroatoms. The van der Waals surface area contributed by atoms with Crippen molar-refractivity contribution in [3.05, 3.63) is 0 Å². The molecule has 1 atom stereocenters. The van der Waals surface area contributed by atoms with Crippen molar-refractivity contribution in [3.63, 3.8) is 0 Å². The molecule has 0 aromatic heterocycles. The van der Waals surface area contributed by atoms with Crippen LogP contribution in [0.3, 0.4) is 0 Å². The molecule has 1 saturated heterocycles. The van der Waals surface area contributed by atoms with Gasteiger partial charge in [0, 0.05) is 19.5 Å². The van der Waals surface area contributed by atoms with Gasteiger partial charge in [0.25, 0.3) is 0 Å². The Hall–Kier alpha value is -2.16. The van der Waals surface area contributed by atoms with Crippen LogP contribution in [0.25, 0.3) is 0 Å². The highest BCUT2D eigenvalue weighted by molar-refractivity contribution is 5.76. The molecule has 0 spiro atoms. The topological polar surface area (TPSA) is 113 Å². The van der Waals surface area contributed by atoms with Crippen LogP contribution in [-0.2, 0) is 23.8 Å². The Balaban J connectivity index is 2.97. The standard InChI is InChI=1S/C17H25N3O5/c1-3-24-15(21)7-5-6-14(16(22)25-4-2)17(12-18,13-19)20-8-10-23-11-9-20/h14H,3-11H2,1-2H3. The first kappa shape index (κ1) is 20.9. The minimum Gasteiger partial charge on any atom is -0.466 e. The third kappa shape index (κ3) is 5.42. The predicted octanol–water partition coefficient (Wildman–Crippen LogP) is 1.02. The molecule has 1 aliphatic heterocycles. The van der Waals surface area contributed by atoms with Gasteiger partial charge < -0.3 is 14.2 Å². The molecule has 0 aromatic carbocycles. The van der Waals surface area contributed by atoms with Crippen molar-refractivity contribution < 1.29 is 23.8 Å². The Bertz CT molecular complexity index is 517. The highest BCUT2D eigenvalue weighted by atomic mass is 16.5. The maximum atomic E-state index is 12.5. The molecule has 25 heavy (non-hydrogen) atoms. The summed E-state index contributed by atoms with van der Waals surface area (Å²) in [5, 5.41) is 19.5. The van der Waals surface area contributed by atoms with E-state index >= 15 is 0 Å². The van der Waals surface area contributed by atoms with Gasteiger partial charge in [0.2, 0.25) is 5.54 Å². The monoisotopic (exact) mass is 351 g/mol. The van der Waals surface area contributed by atoms with Crippen molar-refractivity contribution in [1.82, 2.24) is 4.90 Å². The summed E-state index contributed by atoms with van der Waals surface area (Å²) in [7, 11) is 0. The minimum absolute atomic E-state index is 0.125. The normalized spacial score (nSPS) is 16.3. The van der Waals surface area contributed by atoms with Crippen LogP contribution in [0.5, 0.6) is 0 Å². The van der Waals surface area contributed by atoms with Crippen LogP contribution in [0.2, 0.25) is 0 Å². The summed E-state index contributed by atoms with van der Waals surface area (Å²) in [6, 6.07) is 4.06. The fourth-order valence-electron chi connectivity index (χ4n) is 2.88.